The van der Waals surface area contributed by atoms with Gasteiger partial charge in [0.1, 0.15) is 16.4 Å². The second kappa shape index (κ2) is 7.23. The molecule has 1 aromatic carbocycles. The number of anilines is 2. The Labute approximate surface area is 152 Å². The molecular formula is C16H16N6O3S. The third kappa shape index (κ3) is 3.35. The summed E-state index contributed by atoms with van der Waals surface area (Å²) in [6.45, 7) is 0. The maximum Gasteiger partial charge on any atom is 0.270 e. The molecule has 0 saturated carbocycles. The number of ether oxygens (including phenoxy) is 1. The zero-order valence-corrected chi connectivity index (χ0v) is 14.8. The molecule has 10 heteroatoms. The van der Waals surface area contributed by atoms with Gasteiger partial charge in [0, 0.05) is 13.2 Å². The van der Waals surface area contributed by atoms with Gasteiger partial charge in [-0.15, -0.1) is 0 Å². The zero-order chi connectivity index (χ0) is 18.7. The molecule has 2 heterocycles. The number of hydrogen-bond donors (Lipinski definition) is 3. The largest absolute Gasteiger partial charge is 0.494 e. The molecule has 0 unspecified atom stereocenters. The Kier molecular flexibility index (Phi) is 4.85. The van der Waals surface area contributed by atoms with Crippen LogP contribution in [0.25, 0.3) is 5.69 Å². The Morgan fingerprint density at radius 1 is 1.31 bits per heavy atom. The lowest BCUT2D eigenvalue weighted by Crippen LogP contribution is -2.17. The minimum Gasteiger partial charge on any atom is -0.494 e. The number of hydrogen-bond acceptors (Lipinski definition) is 7. The zero-order valence-electron chi connectivity index (χ0n) is 14.0. The van der Waals surface area contributed by atoms with E-state index in [1.807, 2.05) is 18.2 Å². The van der Waals surface area contributed by atoms with Crippen LogP contribution < -0.4 is 21.1 Å². The number of amides is 2. The van der Waals surface area contributed by atoms with Crippen molar-refractivity contribution in [3.8, 4) is 11.4 Å². The number of rotatable bonds is 6. The van der Waals surface area contributed by atoms with E-state index in [0.717, 1.165) is 11.3 Å². The lowest BCUT2D eigenvalue weighted by Gasteiger charge is -2.07. The number of primary amides is 1. The number of para-hydroxylation sites is 2. The first kappa shape index (κ1) is 17.4. The summed E-state index contributed by atoms with van der Waals surface area (Å²) >= 11 is 1.12. The summed E-state index contributed by atoms with van der Waals surface area (Å²) in [5.74, 6) is -0.526. The van der Waals surface area contributed by atoms with Gasteiger partial charge in [0.05, 0.1) is 18.9 Å². The predicted molar refractivity (Wildman–Crippen MR) is 98.2 cm³/mol. The quantitative estimate of drug-likeness (QED) is 0.605. The van der Waals surface area contributed by atoms with Gasteiger partial charge in [-0.1, -0.05) is 23.5 Å². The number of carbonyl (C=O) groups is 2. The molecule has 0 spiro atoms. The van der Waals surface area contributed by atoms with E-state index in [1.165, 1.54) is 10.9 Å². The Morgan fingerprint density at radius 2 is 2.08 bits per heavy atom. The van der Waals surface area contributed by atoms with Gasteiger partial charge in [0.15, 0.2) is 10.8 Å². The summed E-state index contributed by atoms with van der Waals surface area (Å²) in [6.07, 6.45) is 2.99. The number of nitrogens with zero attached hydrogens (tertiary/aromatic N) is 3. The van der Waals surface area contributed by atoms with Gasteiger partial charge in [0.2, 0.25) is 0 Å². The molecule has 0 fully saturated rings. The number of methoxy groups -OCH3 is 1. The molecule has 0 aliphatic heterocycles. The normalized spacial score (nSPS) is 10.4. The Bertz CT molecular complexity index is 965. The van der Waals surface area contributed by atoms with Crippen molar-refractivity contribution in [2.45, 2.75) is 0 Å². The number of nitrogens with two attached hydrogens (primary N) is 1. The highest BCUT2D eigenvalue weighted by atomic mass is 32.1. The number of benzene rings is 1. The van der Waals surface area contributed by atoms with Crippen LogP contribution in [0.1, 0.15) is 20.8 Å². The average Bonchev–Trinajstić information content (AvgIpc) is 3.28. The molecule has 2 aromatic heterocycles. The number of nitrogens with one attached hydrogen (secondary N) is 2. The Hall–Kier alpha value is -3.40. The molecule has 2 amide bonds. The molecule has 3 rings (SSSR count). The van der Waals surface area contributed by atoms with Crippen molar-refractivity contribution in [3.05, 3.63) is 47.9 Å². The maximum absolute atomic E-state index is 12.5. The van der Waals surface area contributed by atoms with Gasteiger partial charge in [-0.2, -0.15) is 5.10 Å². The monoisotopic (exact) mass is 372 g/mol. The minimum atomic E-state index is -0.720. The highest BCUT2D eigenvalue weighted by molar-refractivity contribution is 7.20. The maximum atomic E-state index is 12.5. The first-order chi connectivity index (χ1) is 12.5. The van der Waals surface area contributed by atoms with E-state index in [-0.39, 0.29) is 10.7 Å². The molecule has 9 nitrogen and oxygen atoms in total. The molecule has 26 heavy (non-hydrogen) atoms. The number of thiazole rings is 1. The SMILES string of the molecule is CNc1nc(C(N)=O)c(NC(=O)c2cnn(-c3ccccc3OC)c2)s1. The van der Waals surface area contributed by atoms with Gasteiger partial charge in [-0.3, -0.25) is 9.59 Å². The molecule has 3 aromatic rings. The molecule has 0 aliphatic carbocycles. The molecule has 134 valence electrons. The summed E-state index contributed by atoms with van der Waals surface area (Å²) in [5, 5.41) is 10.4. The van der Waals surface area contributed by atoms with E-state index in [0.29, 0.717) is 22.1 Å². The molecule has 0 radical (unpaired) electrons. The van der Waals surface area contributed by atoms with Crippen molar-refractivity contribution in [1.29, 1.82) is 0 Å². The van der Waals surface area contributed by atoms with Crippen LogP contribution in [0.15, 0.2) is 36.7 Å². The fraction of sp³-hybridized carbons (Fsp3) is 0.125. The average molecular weight is 372 g/mol. The van der Waals surface area contributed by atoms with Crippen LogP contribution in [0.5, 0.6) is 5.75 Å². The summed E-state index contributed by atoms with van der Waals surface area (Å²) in [7, 11) is 3.22. The molecule has 4 N–H and O–H groups in total. The first-order valence-electron chi connectivity index (χ1n) is 7.51. The van der Waals surface area contributed by atoms with Gasteiger partial charge < -0.3 is 21.1 Å². The Morgan fingerprint density at radius 3 is 2.77 bits per heavy atom. The van der Waals surface area contributed by atoms with E-state index in [2.05, 4.69) is 20.7 Å². The van der Waals surface area contributed by atoms with Gasteiger partial charge in [-0.05, 0) is 12.1 Å². The van der Waals surface area contributed by atoms with Crippen LogP contribution in [0, 0.1) is 0 Å². The fourth-order valence-electron chi connectivity index (χ4n) is 2.24. The summed E-state index contributed by atoms with van der Waals surface area (Å²) in [4.78, 5) is 28.0. The van der Waals surface area contributed by atoms with E-state index >= 15 is 0 Å². The van der Waals surface area contributed by atoms with Crippen LogP contribution in [-0.4, -0.2) is 40.7 Å². The summed E-state index contributed by atoms with van der Waals surface area (Å²) < 4.78 is 6.83. The first-order valence-corrected chi connectivity index (χ1v) is 8.33. The van der Waals surface area contributed by atoms with Crippen molar-refractivity contribution in [1.82, 2.24) is 14.8 Å². The molecule has 0 bridgehead atoms. The second-order valence-corrected chi connectivity index (χ2v) is 6.11. The lowest BCUT2D eigenvalue weighted by molar-refractivity contribution is 0.0997. The third-order valence-electron chi connectivity index (χ3n) is 3.48. The third-order valence-corrected chi connectivity index (χ3v) is 4.47. The van der Waals surface area contributed by atoms with Crippen molar-refractivity contribution in [2.75, 3.05) is 24.8 Å². The molecular weight excluding hydrogens is 356 g/mol. The highest BCUT2D eigenvalue weighted by Crippen LogP contribution is 2.28. The summed E-state index contributed by atoms with van der Waals surface area (Å²) in [6, 6.07) is 7.30. The van der Waals surface area contributed by atoms with Crippen molar-refractivity contribution < 1.29 is 14.3 Å². The van der Waals surface area contributed by atoms with Crippen LogP contribution in [0.3, 0.4) is 0 Å². The molecule has 0 atom stereocenters. The minimum absolute atomic E-state index is 0.00446. The Balaban J connectivity index is 1.85. The van der Waals surface area contributed by atoms with Gasteiger partial charge in [0.25, 0.3) is 11.8 Å². The van der Waals surface area contributed by atoms with Crippen molar-refractivity contribution >= 4 is 33.3 Å². The predicted octanol–water partition coefficient (Wildman–Crippen LogP) is 1.73. The van der Waals surface area contributed by atoms with Crippen LogP contribution >= 0.6 is 11.3 Å². The fourth-order valence-corrected chi connectivity index (χ4v) is 3.06. The van der Waals surface area contributed by atoms with Crippen molar-refractivity contribution in [3.63, 3.8) is 0 Å². The van der Waals surface area contributed by atoms with E-state index < -0.39 is 11.8 Å². The molecule has 0 aliphatic rings. The van der Waals surface area contributed by atoms with E-state index in [9.17, 15) is 9.59 Å². The molecule has 0 saturated heterocycles. The van der Waals surface area contributed by atoms with Gasteiger partial charge >= 0.3 is 0 Å². The van der Waals surface area contributed by atoms with Crippen LogP contribution in [0.2, 0.25) is 0 Å². The smallest absolute Gasteiger partial charge is 0.270 e. The highest BCUT2D eigenvalue weighted by Gasteiger charge is 2.19. The second-order valence-electron chi connectivity index (χ2n) is 5.11. The topological polar surface area (TPSA) is 124 Å². The van der Waals surface area contributed by atoms with Crippen LogP contribution in [0.4, 0.5) is 10.1 Å². The number of aromatic nitrogens is 3. The van der Waals surface area contributed by atoms with Crippen LogP contribution in [-0.2, 0) is 0 Å². The standard InChI is InChI=1S/C16H16N6O3S/c1-18-16-20-12(13(17)23)15(26-16)21-14(24)9-7-19-22(8-9)10-5-3-4-6-11(10)25-2/h3-8H,1-2H3,(H2,17,23)(H,18,20)(H,21,24). The van der Waals surface area contributed by atoms with E-state index in [1.54, 1.807) is 26.4 Å². The van der Waals surface area contributed by atoms with Crippen molar-refractivity contribution in [2.24, 2.45) is 5.73 Å². The van der Waals surface area contributed by atoms with E-state index in [4.69, 9.17) is 10.5 Å². The number of carbonyl (C=O) groups excluding carboxylic acids is 2. The summed E-state index contributed by atoms with van der Waals surface area (Å²) in [5.41, 5.74) is 6.32. The van der Waals surface area contributed by atoms with Gasteiger partial charge in [-0.25, -0.2) is 9.67 Å². The lowest BCUT2D eigenvalue weighted by atomic mass is 10.3.